The summed E-state index contributed by atoms with van der Waals surface area (Å²) in [5, 5.41) is 0. The highest BCUT2D eigenvalue weighted by Gasteiger charge is 2.02. The third-order valence-corrected chi connectivity index (χ3v) is 1.37. The van der Waals surface area contributed by atoms with E-state index in [9.17, 15) is 4.39 Å². The summed E-state index contributed by atoms with van der Waals surface area (Å²) < 4.78 is 13.0. The third kappa shape index (κ3) is 4.28. The summed E-state index contributed by atoms with van der Waals surface area (Å²) in [6, 6.07) is 5.96. The molecule has 0 bridgehead atoms. The van der Waals surface area contributed by atoms with Crippen molar-refractivity contribution < 1.29 is 21.8 Å². The van der Waals surface area contributed by atoms with Gasteiger partial charge in [-0.15, -0.1) is 4.99 Å². The van der Waals surface area contributed by atoms with Crippen LogP contribution in [-0.2, 0) is 0 Å². The van der Waals surface area contributed by atoms with Gasteiger partial charge in [0, 0.05) is 0 Å². The number of hydrogen-bond acceptors (Lipinski definition) is 1. The molecule has 7 heteroatoms. The van der Waals surface area contributed by atoms with Crippen LogP contribution in [-0.4, -0.2) is 11.9 Å². The number of nitrogens with zero attached hydrogens (tertiary/aromatic N) is 1. The summed E-state index contributed by atoms with van der Waals surface area (Å²) in [6.07, 6.45) is 0. The fourth-order valence-electron chi connectivity index (χ4n) is 0.848. The first-order chi connectivity index (χ1) is 6.59. The van der Waals surface area contributed by atoms with Crippen molar-refractivity contribution >= 4 is 17.6 Å². The molecule has 0 saturated carbocycles. The largest absolute Gasteiger partial charge is 1.00 e. The summed E-state index contributed by atoms with van der Waals surface area (Å²) in [5.74, 6) is -0.620. The Kier molecular flexibility index (Phi) is 5.11. The monoisotopic (exact) mass is 231 g/mol. The number of nitrogens with two attached hydrogens (primary N) is 3. The zero-order valence-electron chi connectivity index (χ0n) is 7.74. The van der Waals surface area contributed by atoms with Crippen molar-refractivity contribution in [2.45, 2.75) is 0 Å². The molecule has 1 aromatic rings. The molecule has 0 amide bonds. The van der Waals surface area contributed by atoms with Crippen LogP contribution in [0, 0.1) is 5.82 Å². The molecule has 0 heterocycles. The number of nitrogens with one attached hydrogen (secondary N) is 1. The van der Waals surface area contributed by atoms with Crippen LogP contribution in [0.25, 0.3) is 0 Å². The smallest absolute Gasteiger partial charge is 0.316 e. The highest BCUT2D eigenvalue weighted by molar-refractivity contribution is 5.79. The average molecular weight is 232 g/mol. The minimum absolute atomic E-state index is 0. The molecule has 0 fully saturated rings. The van der Waals surface area contributed by atoms with Crippen LogP contribution in [0.4, 0.5) is 10.1 Å². The topological polar surface area (TPSA) is 104 Å². The highest BCUT2D eigenvalue weighted by atomic mass is 35.5. The Labute approximate surface area is 92.3 Å². The lowest BCUT2D eigenvalue weighted by Crippen LogP contribution is -3.00. The Morgan fingerprint density at radius 3 is 2.33 bits per heavy atom. The minimum Gasteiger partial charge on any atom is -1.00 e. The molecule has 0 saturated heterocycles. The lowest BCUT2D eigenvalue weighted by molar-refractivity contribution is -0.320. The number of halogens is 2. The second kappa shape index (κ2) is 5.82. The standard InChI is InChI=1S/C8H10FN5.ClH/c9-5-3-1-2-4-6(5)13-8(12)14-7(10)11;/h1-4H,(H6,10,11,12,13,14);1H. The molecule has 5 nitrogen and oxygen atoms in total. The van der Waals surface area contributed by atoms with E-state index in [1.54, 1.807) is 12.1 Å². The van der Waals surface area contributed by atoms with E-state index in [-0.39, 0.29) is 30.0 Å². The Morgan fingerprint density at radius 1 is 1.20 bits per heavy atom. The molecule has 0 unspecified atom stereocenters. The van der Waals surface area contributed by atoms with E-state index in [1.165, 1.54) is 12.1 Å². The van der Waals surface area contributed by atoms with Gasteiger partial charge in [0.2, 0.25) is 0 Å². The lowest BCUT2D eigenvalue weighted by atomic mass is 10.3. The molecule has 0 radical (unpaired) electrons. The number of para-hydroxylation sites is 1. The molecular formula is C8H11ClFN5. The maximum atomic E-state index is 13.0. The summed E-state index contributed by atoms with van der Waals surface area (Å²) in [6.45, 7) is 0. The zero-order chi connectivity index (χ0) is 10.6. The van der Waals surface area contributed by atoms with Gasteiger partial charge in [-0.1, -0.05) is 12.1 Å². The van der Waals surface area contributed by atoms with Crippen molar-refractivity contribution in [3.05, 3.63) is 30.1 Å². The van der Waals surface area contributed by atoms with Crippen molar-refractivity contribution in [3.8, 4) is 0 Å². The van der Waals surface area contributed by atoms with Gasteiger partial charge < -0.3 is 29.6 Å². The summed E-state index contributed by atoms with van der Waals surface area (Å²) in [7, 11) is 0. The molecule has 82 valence electrons. The van der Waals surface area contributed by atoms with E-state index in [1.807, 2.05) is 0 Å². The molecule has 0 aliphatic heterocycles. The minimum atomic E-state index is -0.465. The van der Waals surface area contributed by atoms with Crippen molar-refractivity contribution in [1.29, 1.82) is 0 Å². The van der Waals surface area contributed by atoms with Crippen LogP contribution in [0.1, 0.15) is 0 Å². The number of benzene rings is 1. The Balaban J connectivity index is 0.00000196. The maximum absolute atomic E-state index is 13.0. The Hall–Kier alpha value is -1.82. The van der Waals surface area contributed by atoms with E-state index in [4.69, 9.17) is 17.2 Å². The van der Waals surface area contributed by atoms with Gasteiger partial charge in [0.25, 0.3) is 5.96 Å². The molecule has 0 spiro atoms. The normalized spacial score (nSPS) is 10.3. The van der Waals surface area contributed by atoms with Crippen molar-refractivity contribution in [3.63, 3.8) is 0 Å². The zero-order valence-corrected chi connectivity index (χ0v) is 8.50. The fraction of sp³-hybridized carbons (Fsp3) is 0. The second-order valence-corrected chi connectivity index (χ2v) is 2.53. The van der Waals surface area contributed by atoms with Gasteiger partial charge >= 0.3 is 5.96 Å². The third-order valence-electron chi connectivity index (χ3n) is 1.37. The molecule has 0 aliphatic carbocycles. The summed E-state index contributed by atoms with van der Waals surface area (Å²) >= 11 is 0. The Bertz CT molecular complexity index is 386. The van der Waals surface area contributed by atoms with Gasteiger partial charge in [-0.05, 0) is 12.1 Å². The fourth-order valence-corrected chi connectivity index (χ4v) is 0.848. The Morgan fingerprint density at radius 2 is 1.80 bits per heavy atom. The maximum Gasteiger partial charge on any atom is 0.316 e. The first-order valence-electron chi connectivity index (χ1n) is 3.83. The van der Waals surface area contributed by atoms with Gasteiger partial charge in [-0.2, -0.15) is 0 Å². The highest BCUT2D eigenvalue weighted by Crippen LogP contribution is 2.14. The van der Waals surface area contributed by atoms with Crippen molar-refractivity contribution in [2.75, 3.05) is 0 Å². The molecule has 1 aromatic carbocycles. The quantitative estimate of drug-likeness (QED) is 0.288. The number of hydrogen-bond donors (Lipinski definition) is 4. The predicted molar refractivity (Wildman–Crippen MR) is 52.0 cm³/mol. The van der Waals surface area contributed by atoms with Gasteiger partial charge in [-0.3, -0.25) is 0 Å². The van der Waals surface area contributed by atoms with Crippen LogP contribution in [0.15, 0.2) is 29.3 Å². The predicted octanol–water partition coefficient (Wildman–Crippen LogP) is -4.87. The van der Waals surface area contributed by atoms with E-state index in [2.05, 4.69) is 9.98 Å². The van der Waals surface area contributed by atoms with Gasteiger partial charge in [0.15, 0.2) is 5.82 Å². The van der Waals surface area contributed by atoms with Crippen LogP contribution in [0.3, 0.4) is 0 Å². The molecular weight excluding hydrogens is 221 g/mol. The number of guanidine groups is 2. The molecule has 7 N–H and O–H groups in total. The van der Waals surface area contributed by atoms with Crippen LogP contribution < -0.4 is 34.6 Å². The van der Waals surface area contributed by atoms with Gasteiger partial charge in [0.1, 0.15) is 5.69 Å². The van der Waals surface area contributed by atoms with Crippen LogP contribution in [0.5, 0.6) is 0 Å². The van der Waals surface area contributed by atoms with E-state index in [0.717, 1.165) is 0 Å². The first kappa shape index (κ1) is 13.2. The lowest BCUT2D eigenvalue weighted by Gasteiger charge is -1.93. The molecule has 1 rings (SSSR count). The molecule has 0 aliphatic rings. The van der Waals surface area contributed by atoms with E-state index >= 15 is 0 Å². The first-order valence-corrected chi connectivity index (χ1v) is 3.83. The molecule has 15 heavy (non-hydrogen) atoms. The number of aliphatic imine (C=N–C) groups is 1. The second-order valence-electron chi connectivity index (χ2n) is 2.53. The summed E-state index contributed by atoms with van der Waals surface area (Å²) in [4.78, 5) is 6.08. The van der Waals surface area contributed by atoms with E-state index < -0.39 is 5.82 Å². The SMILES string of the molecule is NC(=Nc1ccccc1F)[NH+]=C(N)N.[Cl-]. The number of rotatable bonds is 1. The van der Waals surface area contributed by atoms with Gasteiger partial charge in [0.05, 0.1) is 0 Å². The van der Waals surface area contributed by atoms with E-state index in [0.29, 0.717) is 0 Å². The molecule has 0 aromatic heterocycles. The molecule has 0 atom stereocenters. The van der Waals surface area contributed by atoms with Crippen molar-refractivity contribution in [1.82, 2.24) is 0 Å². The van der Waals surface area contributed by atoms with Gasteiger partial charge in [-0.25, -0.2) is 9.38 Å². The summed E-state index contributed by atoms with van der Waals surface area (Å²) in [5.41, 5.74) is 15.7. The van der Waals surface area contributed by atoms with Crippen LogP contribution in [0.2, 0.25) is 0 Å². The average Bonchev–Trinajstić information content (AvgIpc) is 2.07. The van der Waals surface area contributed by atoms with Crippen molar-refractivity contribution in [2.24, 2.45) is 22.2 Å². The van der Waals surface area contributed by atoms with Crippen LogP contribution >= 0.6 is 0 Å².